The number of allylic oxidation sites excluding steroid dienone is 1. The van der Waals surface area contributed by atoms with Crippen molar-refractivity contribution in [3.63, 3.8) is 0 Å². The molecule has 4 heteroatoms. The first kappa shape index (κ1) is 17.4. The maximum atomic E-state index is 12.0. The first-order chi connectivity index (χ1) is 12.6. The number of carbonyl (C=O) groups is 2. The van der Waals surface area contributed by atoms with Gasteiger partial charge in [-0.2, -0.15) is 0 Å². The first-order valence-corrected chi connectivity index (χ1v) is 8.39. The summed E-state index contributed by atoms with van der Waals surface area (Å²) >= 11 is 0. The highest BCUT2D eigenvalue weighted by molar-refractivity contribution is 5.98. The van der Waals surface area contributed by atoms with Gasteiger partial charge in [-0.1, -0.05) is 42.5 Å². The van der Waals surface area contributed by atoms with Crippen molar-refractivity contribution in [2.75, 3.05) is 5.32 Å². The number of hydrogen-bond acceptors (Lipinski definition) is 3. The minimum atomic E-state index is -0.233. The Bertz CT molecular complexity index is 959. The third-order valence-electron chi connectivity index (χ3n) is 3.98. The van der Waals surface area contributed by atoms with Crippen molar-refractivity contribution in [2.45, 2.75) is 12.8 Å². The van der Waals surface area contributed by atoms with Crippen molar-refractivity contribution in [3.05, 3.63) is 78.4 Å². The Hall–Kier alpha value is -3.40. The van der Waals surface area contributed by atoms with E-state index in [4.69, 9.17) is 0 Å². The number of aromatic hydroxyl groups is 1. The van der Waals surface area contributed by atoms with Gasteiger partial charge in [0.05, 0.1) is 0 Å². The summed E-state index contributed by atoms with van der Waals surface area (Å²) in [5.74, 6) is -0.195. The van der Waals surface area contributed by atoms with Gasteiger partial charge >= 0.3 is 0 Å². The molecule has 0 bridgehead atoms. The molecule has 3 aromatic carbocycles. The highest BCUT2D eigenvalue weighted by Gasteiger charge is 2.05. The second-order valence-corrected chi connectivity index (χ2v) is 6.00. The molecule has 130 valence electrons. The molecule has 0 saturated carbocycles. The van der Waals surface area contributed by atoms with E-state index in [-0.39, 0.29) is 30.3 Å². The summed E-state index contributed by atoms with van der Waals surface area (Å²) in [7, 11) is 0. The van der Waals surface area contributed by atoms with Gasteiger partial charge in [-0.15, -0.1) is 0 Å². The molecule has 1 amide bonds. The van der Waals surface area contributed by atoms with Gasteiger partial charge in [-0.05, 0) is 52.7 Å². The molecular formula is C22H19NO3. The van der Waals surface area contributed by atoms with Crippen LogP contribution in [-0.4, -0.2) is 16.8 Å². The van der Waals surface area contributed by atoms with Crippen LogP contribution >= 0.6 is 0 Å². The van der Waals surface area contributed by atoms with Crippen LogP contribution in [0.25, 0.3) is 16.8 Å². The molecule has 0 radical (unpaired) electrons. The maximum absolute atomic E-state index is 12.0. The summed E-state index contributed by atoms with van der Waals surface area (Å²) < 4.78 is 0. The van der Waals surface area contributed by atoms with Crippen molar-refractivity contribution in [1.82, 2.24) is 0 Å². The number of nitrogens with one attached hydrogen (secondary N) is 1. The van der Waals surface area contributed by atoms with E-state index in [1.165, 1.54) is 18.2 Å². The number of amides is 1. The fourth-order valence-corrected chi connectivity index (χ4v) is 2.59. The fourth-order valence-electron chi connectivity index (χ4n) is 2.59. The molecule has 0 atom stereocenters. The number of anilines is 1. The molecule has 4 nitrogen and oxygen atoms in total. The lowest BCUT2D eigenvalue weighted by atomic mass is 10.1. The molecule has 0 spiro atoms. The van der Waals surface area contributed by atoms with Crippen LogP contribution in [0.4, 0.5) is 5.69 Å². The number of ketones is 1. The molecule has 2 N–H and O–H groups in total. The Balaban J connectivity index is 1.51. The summed E-state index contributed by atoms with van der Waals surface area (Å²) in [6.45, 7) is 0. The van der Waals surface area contributed by atoms with Crippen molar-refractivity contribution >= 4 is 34.2 Å². The third kappa shape index (κ3) is 4.80. The van der Waals surface area contributed by atoms with Gasteiger partial charge < -0.3 is 10.4 Å². The average molecular weight is 345 g/mol. The summed E-state index contributed by atoms with van der Waals surface area (Å²) in [6, 6.07) is 20.2. The summed E-state index contributed by atoms with van der Waals surface area (Å²) in [6.07, 6.45) is 3.54. The molecule has 0 saturated heterocycles. The lowest BCUT2D eigenvalue weighted by Crippen LogP contribution is -2.12. The highest BCUT2D eigenvalue weighted by Crippen LogP contribution is 2.17. The van der Waals surface area contributed by atoms with Crippen LogP contribution in [-0.2, 0) is 9.59 Å². The standard InChI is InChI=1S/C22H19NO3/c24-20(13-14-22(26)23-19-8-11-21(25)12-9-19)10-6-16-5-7-17-3-1-2-4-18(17)15-16/h1-12,15,25H,13-14H2,(H,23,26)/b10-6+. The van der Waals surface area contributed by atoms with Gasteiger partial charge in [0, 0.05) is 18.5 Å². The Morgan fingerprint density at radius 1 is 0.885 bits per heavy atom. The minimum Gasteiger partial charge on any atom is -0.508 e. The van der Waals surface area contributed by atoms with Gasteiger partial charge in [-0.3, -0.25) is 9.59 Å². The lowest BCUT2D eigenvalue weighted by Gasteiger charge is -2.04. The molecule has 3 aromatic rings. The van der Waals surface area contributed by atoms with Gasteiger partial charge in [0.25, 0.3) is 0 Å². The normalized spacial score (nSPS) is 10.9. The number of hydrogen-bond donors (Lipinski definition) is 2. The summed E-state index contributed by atoms with van der Waals surface area (Å²) in [4.78, 5) is 23.9. The second-order valence-electron chi connectivity index (χ2n) is 6.00. The van der Waals surface area contributed by atoms with Crippen molar-refractivity contribution in [3.8, 4) is 5.75 Å². The fraction of sp³-hybridized carbons (Fsp3) is 0.0909. The topological polar surface area (TPSA) is 66.4 Å². The van der Waals surface area contributed by atoms with E-state index < -0.39 is 0 Å². The molecule has 0 unspecified atom stereocenters. The van der Waals surface area contributed by atoms with E-state index in [0.29, 0.717) is 5.69 Å². The van der Waals surface area contributed by atoms with E-state index in [1.807, 2.05) is 42.5 Å². The zero-order chi connectivity index (χ0) is 18.4. The molecule has 0 fully saturated rings. The smallest absolute Gasteiger partial charge is 0.224 e. The molecule has 0 aliphatic rings. The SMILES string of the molecule is O=C(/C=C/c1ccc2ccccc2c1)CCC(=O)Nc1ccc(O)cc1. The van der Waals surface area contributed by atoms with Gasteiger partial charge in [0.1, 0.15) is 5.75 Å². The average Bonchev–Trinajstić information content (AvgIpc) is 2.66. The Morgan fingerprint density at radius 3 is 2.38 bits per heavy atom. The Kier molecular flexibility index (Phi) is 5.44. The van der Waals surface area contributed by atoms with Crippen molar-refractivity contribution in [1.29, 1.82) is 0 Å². The molecule has 0 aliphatic heterocycles. The predicted octanol–water partition coefficient (Wildman–Crippen LogP) is 4.55. The maximum Gasteiger partial charge on any atom is 0.224 e. The number of phenolic OH excluding ortho intramolecular Hbond substituents is 1. The van der Waals surface area contributed by atoms with Crippen LogP contribution in [0.5, 0.6) is 5.75 Å². The van der Waals surface area contributed by atoms with E-state index >= 15 is 0 Å². The summed E-state index contributed by atoms with van der Waals surface area (Å²) in [5, 5.41) is 14.2. The lowest BCUT2D eigenvalue weighted by molar-refractivity contribution is -0.120. The zero-order valence-corrected chi connectivity index (χ0v) is 14.2. The van der Waals surface area contributed by atoms with Crippen LogP contribution in [0, 0.1) is 0 Å². The molecule has 0 aromatic heterocycles. The number of fused-ring (bicyclic) bond motifs is 1. The minimum absolute atomic E-state index is 0.0981. The van der Waals surface area contributed by atoms with Crippen LogP contribution in [0.2, 0.25) is 0 Å². The van der Waals surface area contributed by atoms with Crippen LogP contribution in [0.1, 0.15) is 18.4 Å². The van der Waals surface area contributed by atoms with E-state index in [0.717, 1.165) is 16.3 Å². The van der Waals surface area contributed by atoms with Crippen molar-refractivity contribution in [2.24, 2.45) is 0 Å². The van der Waals surface area contributed by atoms with Gasteiger partial charge in [0.15, 0.2) is 5.78 Å². The Morgan fingerprint density at radius 2 is 1.62 bits per heavy atom. The van der Waals surface area contributed by atoms with Gasteiger partial charge in [-0.25, -0.2) is 0 Å². The quantitative estimate of drug-likeness (QED) is 0.509. The molecule has 26 heavy (non-hydrogen) atoms. The van der Waals surface area contributed by atoms with Crippen LogP contribution in [0.15, 0.2) is 72.8 Å². The van der Waals surface area contributed by atoms with Crippen LogP contribution < -0.4 is 5.32 Å². The number of benzene rings is 3. The number of phenols is 1. The monoisotopic (exact) mass is 345 g/mol. The van der Waals surface area contributed by atoms with E-state index in [9.17, 15) is 14.7 Å². The number of rotatable bonds is 6. The van der Waals surface area contributed by atoms with Crippen molar-refractivity contribution < 1.29 is 14.7 Å². The predicted molar refractivity (Wildman–Crippen MR) is 104 cm³/mol. The van der Waals surface area contributed by atoms with E-state index in [2.05, 4.69) is 5.32 Å². The molecular weight excluding hydrogens is 326 g/mol. The van der Waals surface area contributed by atoms with Gasteiger partial charge in [0.2, 0.25) is 5.91 Å². The summed E-state index contributed by atoms with van der Waals surface area (Å²) in [5.41, 5.74) is 1.54. The van der Waals surface area contributed by atoms with Crippen LogP contribution in [0.3, 0.4) is 0 Å². The highest BCUT2D eigenvalue weighted by atomic mass is 16.3. The molecule has 3 rings (SSSR count). The molecule has 0 heterocycles. The Labute approximate surface area is 151 Å². The first-order valence-electron chi connectivity index (χ1n) is 8.39. The third-order valence-corrected chi connectivity index (χ3v) is 3.98. The molecule has 0 aliphatic carbocycles. The number of carbonyl (C=O) groups excluding carboxylic acids is 2. The second kappa shape index (κ2) is 8.12. The largest absolute Gasteiger partial charge is 0.508 e. The van der Waals surface area contributed by atoms with E-state index in [1.54, 1.807) is 18.2 Å². The zero-order valence-electron chi connectivity index (χ0n) is 14.2.